The second kappa shape index (κ2) is 6.81. The lowest BCUT2D eigenvalue weighted by molar-refractivity contribution is 0.0852. The Morgan fingerprint density at radius 1 is 1.05 bits per heavy atom. The summed E-state index contributed by atoms with van der Waals surface area (Å²) < 4.78 is 0. The van der Waals surface area contributed by atoms with Crippen LogP contribution in [0.4, 0.5) is 5.69 Å². The van der Waals surface area contributed by atoms with Crippen molar-refractivity contribution < 1.29 is 4.79 Å². The van der Waals surface area contributed by atoms with Crippen molar-refractivity contribution >= 4 is 23.2 Å². The molecule has 0 aliphatic carbocycles. The van der Waals surface area contributed by atoms with Crippen LogP contribution >= 0.6 is 11.8 Å². The topological polar surface area (TPSA) is 29.1 Å². The fraction of sp³-hybridized carbons (Fsp3) is 0.278. The molecule has 0 aromatic heterocycles. The number of Topliss-reactive ketones (excluding diaryl/α,β-unsaturated/α-hetero) is 1. The molecule has 2 nitrogen and oxygen atoms in total. The van der Waals surface area contributed by atoms with Gasteiger partial charge in [0, 0.05) is 28.1 Å². The van der Waals surface area contributed by atoms with Crippen LogP contribution in [-0.2, 0) is 0 Å². The number of hydrogen-bond acceptors (Lipinski definition) is 3. The maximum atomic E-state index is 12.6. The van der Waals surface area contributed by atoms with E-state index in [0.717, 1.165) is 11.3 Å². The molecule has 21 heavy (non-hydrogen) atoms. The molecule has 3 heteroatoms. The molecule has 0 saturated heterocycles. The van der Waals surface area contributed by atoms with Crippen LogP contribution in [-0.4, -0.2) is 18.6 Å². The van der Waals surface area contributed by atoms with Crippen LogP contribution in [0.5, 0.6) is 0 Å². The number of hydrogen-bond donors (Lipinski definition) is 1. The summed E-state index contributed by atoms with van der Waals surface area (Å²) in [6.07, 6.45) is 2.03. The molecule has 0 spiro atoms. The van der Waals surface area contributed by atoms with Crippen molar-refractivity contribution in [3.63, 3.8) is 0 Å². The summed E-state index contributed by atoms with van der Waals surface area (Å²) in [5.74, 6) is 0.165. The molecule has 0 radical (unpaired) electrons. The monoisotopic (exact) mass is 299 g/mol. The standard InChI is InChI=1S/C18H21NOS/c1-18(2,13-19-15-7-5-4-6-8-15)17(20)14-9-11-16(21-3)12-10-14/h4-12,19H,13H2,1-3H3. The maximum Gasteiger partial charge on any atom is 0.170 e. The minimum atomic E-state index is -0.448. The summed E-state index contributed by atoms with van der Waals surface area (Å²) in [5.41, 5.74) is 1.36. The molecule has 0 unspecified atom stereocenters. The molecular formula is C18H21NOS. The zero-order valence-corrected chi connectivity index (χ0v) is 13.5. The molecule has 2 aromatic rings. The molecule has 0 heterocycles. The number of benzene rings is 2. The number of para-hydroxylation sites is 1. The minimum absolute atomic E-state index is 0.165. The van der Waals surface area contributed by atoms with Gasteiger partial charge in [-0.05, 0) is 30.5 Å². The van der Waals surface area contributed by atoms with Crippen molar-refractivity contribution in [2.45, 2.75) is 18.7 Å². The van der Waals surface area contributed by atoms with Crippen LogP contribution < -0.4 is 5.32 Å². The van der Waals surface area contributed by atoms with E-state index in [4.69, 9.17) is 0 Å². The molecule has 0 bridgehead atoms. The predicted octanol–water partition coefficient (Wildman–Crippen LogP) is 4.73. The highest BCUT2D eigenvalue weighted by atomic mass is 32.2. The zero-order chi connectivity index (χ0) is 15.3. The highest BCUT2D eigenvalue weighted by molar-refractivity contribution is 7.98. The third kappa shape index (κ3) is 4.11. The van der Waals surface area contributed by atoms with E-state index >= 15 is 0 Å². The van der Waals surface area contributed by atoms with Gasteiger partial charge in [-0.3, -0.25) is 4.79 Å². The average molecular weight is 299 g/mol. The number of ketones is 1. The minimum Gasteiger partial charge on any atom is -0.384 e. The number of carbonyl (C=O) groups is 1. The van der Waals surface area contributed by atoms with Gasteiger partial charge in [-0.25, -0.2) is 0 Å². The van der Waals surface area contributed by atoms with Gasteiger partial charge in [0.25, 0.3) is 0 Å². The van der Waals surface area contributed by atoms with E-state index in [-0.39, 0.29) is 5.78 Å². The molecule has 0 atom stereocenters. The molecule has 0 saturated carbocycles. The van der Waals surface area contributed by atoms with Gasteiger partial charge in [-0.15, -0.1) is 11.8 Å². The fourth-order valence-electron chi connectivity index (χ4n) is 2.09. The summed E-state index contributed by atoms with van der Waals surface area (Å²) in [6, 6.07) is 17.8. The molecule has 0 amide bonds. The van der Waals surface area contributed by atoms with Crippen molar-refractivity contribution in [3.05, 3.63) is 60.2 Å². The van der Waals surface area contributed by atoms with Gasteiger partial charge in [0.2, 0.25) is 0 Å². The highest BCUT2D eigenvalue weighted by Gasteiger charge is 2.28. The Morgan fingerprint density at radius 2 is 1.67 bits per heavy atom. The smallest absolute Gasteiger partial charge is 0.170 e. The Hall–Kier alpha value is -1.74. The van der Waals surface area contributed by atoms with Gasteiger partial charge in [0.05, 0.1) is 0 Å². The van der Waals surface area contributed by atoms with E-state index in [1.807, 2.05) is 74.7 Å². The van der Waals surface area contributed by atoms with Gasteiger partial charge in [-0.2, -0.15) is 0 Å². The summed E-state index contributed by atoms with van der Waals surface area (Å²) in [5, 5.41) is 3.33. The van der Waals surface area contributed by atoms with Crippen molar-refractivity contribution in [3.8, 4) is 0 Å². The Labute approximate surface area is 131 Å². The quantitative estimate of drug-likeness (QED) is 0.617. The number of rotatable bonds is 6. The third-order valence-electron chi connectivity index (χ3n) is 3.48. The first-order chi connectivity index (χ1) is 10.0. The Bertz CT molecular complexity index is 590. The summed E-state index contributed by atoms with van der Waals surface area (Å²) in [7, 11) is 0. The number of carbonyl (C=O) groups excluding carboxylic acids is 1. The first-order valence-electron chi connectivity index (χ1n) is 7.01. The Balaban J connectivity index is 2.05. The zero-order valence-electron chi connectivity index (χ0n) is 12.7. The summed E-state index contributed by atoms with van der Waals surface area (Å²) in [6.45, 7) is 4.57. The lowest BCUT2D eigenvalue weighted by Crippen LogP contribution is -2.32. The predicted molar refractivity (Wildman–Crippen MR) is 91.3 cm³/mol. The number of nitrogens with one attached hydrogen (secondary N) is 1. The van der Waals surface area contributed by atoms with Crippen molar-refractivity contribution in [2.24, 2.45) is 5.41 Å². The van der Waals surface area contributed by atoms with E-state index in [2.05, 4.69) is 5.32 Å². The average Bonchev–Trinajstić information content (AvgIpc) is 2.53. The van der Waals surface area contributed by atoms with Gasteiger partial charge in [-0.1, -0.05) is 44.2 Å². The number of anilines is 1. The Kier molecular flexibility index (Phi) is 5.07. The first-order valence-corrected chi connectivity index (χ1v) is 8.23. The van der Waals surface area contributed by atoms with Crippen molar-refractivity contribution in [1.29, 1.82) is 0 Å². The third-order valence-corrected chi connectivity index (χ3v) is 4.22. The molecule has 0 aliphatic heterocycles. The molecule has 2 rings (SSSR count). The van der Waals surface area contributed by atoms with Crippen molar-refractivity contribution in [1.82, 2.24) is 0 Å². The molecule has 0 fully saturated rings. The van der Waals surface area contributed by atoms with Crippen LogP contribution in [0.1, 0.15) is 24.2 Å². The SMILES string of the molecule is CSc1ccc(C(=O)C(C)(C)CNc2ccccc2)cc1. The molecular weight excluding hydrogens is 278 g/mol. The van der Waals surface area contributed by atoms with Gasteiger partial charge < -0.3 is 5.32 Å². The summed E-state index contributed by atoms with van der Waals surface area (Å²) in [4.78, 5) is 13.8. The van der Waals surface area contributed by atoms with Crippen LogP contribution in [0.3, 0.4) is 0 Å². The van der Waals surface area contributed by atoms with E-state index in [1.54, 1.807) is 11.8 Å². The second-order valence-corrected chi connectivity index (χ2v) is 6.54. The van der Waals surface area contributed by atoms with E-state index in [9.17, 15) is 4.79 Å². The van der Waals surface area contributed by atoms with Crippen LogP contribution in [0, 0.1) is 5.41 Å². The largest absolute Gasteiger partial charge is 0.384 e. The molecule has 2 aromatic carbocycles. The first kappa shape index (κ1) is 15.6. The fourth-order valence-corrected chi connectivity index (χ4v) is 2.50. The van der Waals surface area contributed by atoms with Crippen LogP contribution in [0.25, 0.3) is 0 Å². The molecule has 1 N–H and O–H groups in total. The van der Waals surface area contributed by atoms with E-state index in [1.165, 1.54) is 4.90 Å². The normalized spacial score (nSPS) is 11.2. The maximum absolute atomic E-state index is 12.6. The van der Waals surface area contributed by atoms with Gasteiger partial charge in [0.1, 0.15) is 0 Å². The molecule has 110 valence electrons. The molecule has 0 aliphatic rings. The van der Waals surface area contributed by atoms with Crippen molar-refractivity contribution in [2.75, 3.05) is 18.1 Å². The van der Waals surface area contributed by atoms with Crippen LogP contribution in [0.2, 0.25) is 0 Å². The Morgan fingerprint density at radius 3 is 2.24 bits per heavy atom. The number of thioether (sulfide) groups is 1. The van der Waals surface area contributed by atoms with Gasteiger partial charge >= 0.3 is 0 Å². The lowest BCUT2D eigenvalue weighted by Gasteiger charge is -2.24. The highest BCUT2D eigenvalue weighted by Crippen LogP contribution is 2.24. The summed E-state index contributed by atoms with van der Waals surface area (Å²) >= 11 is 1.68. The second-order valence-electron chi connectivity index (χ2n) is 5.66. The van der Waals surface area contributed by atoms with Gasteiger partial charge in [0.15, 0.2) is 5.78 Å². The van der Waals surface area contributed by atoms with E-state index in [0.29, 0.717) is 6.54 Å². The van der Waals surface area contributed by atoms with E-state index < -0.39 is 5.41 Å². The lowest BCUT2D eigenvalue weighted by atomic mass is 9.84. The van der Waals surface area contributed by atoms with Crippen LogP contribution in [0.15, 0.2) is 59.5 Å².